The standard InChI is InChI=1S/C40H56O5/c1-7-27-21-37(41)45-36-23-29(12-14-31(27)36)43-24-38(42)44-30-17-19-39(5)28(22-30)11-13-32-34-16-15-33(26(4)10-8-9-25(2)3)40(34,6)20-18-35(32)39/h11-12,14,21,23,25-26,30,32-35H,7-10,13,15-20,22,24H2,1-6H3/t26-,30+,32?,33-,34?,35?,39+,40-/m1/s1. The van der Waals surface area contributed by atoms with Crippen molar-refractivity contribution in [1.82, 2.24) is 0 Å². The molecule has 0 N–H and O–H groups in total. The van der Waals surface area contributed by atoms with E-state index in [1.165, 1.54) is 63.0 Å². The highest BCUT2D eigenvalue weighted by Gasteiger charge is 2.59. The SMILES string of the molecule is CCc1cc(=O)oc2cc(OCC(=O)O[C@H]3CC[C@@]4(C)C(=CCC5C4CC[C@@]4(C)C5CC[C@@H]4[C@H](C)CCCC(C)C)C3)ccc12. The number of allylic oxidation sites excluding steroid dienone is 1. The molecule has 0 spiro atoms. The molecule has 6 rings (SSSR count). The highest BCUT2D eigenvalue weighted by Crippen LogP contribution is 2.67. The van der Waals surface area contributed by atoms with Crippen LogP contribution in [0.15, 0.2) is 45.1 Å². The molecule has 1 aromatic heterocycles. The molecule has 3 saturated carbocycles. The van der Waals surface area contributed by atoms with Gasteiger partial charge in [0.25, 0.3) is 0 Å². The molecule has 45 heavy (non-hydrogen) atoms. The second-order valence-corrected chi connectivity index (χ2v) is 16.0. The van der Waals surface area contributed by atoms with Crippen molar-refractivity contribution in [2.45, 2.75) is 125 Å². The maximum atomic E-state index is 12.9. The van der Waals surface area contributed by atoms with E-state index in [1.807, 2.05) is 19.1 Å². The van der Waals surface area contributed by atoms with Crippen molar-refractivity contribution in [3.8, 4) is 5.75 Å². The summed E-state index contributed by atoms with van der Waals surface area (Å²) in [7, 11) is 0. The fourth-order valence-corrected chi connectivity index (χ4v) is 10.7. The highest BCUT2D eigenvalue weighted by atomic mass is 16.6. The van der Waals surface area contributed by atoms with Gasteiger partial charge in [-0.15, -0.1) is 0 Å². The summed E-state index contributed by atoms with van der Waals surface area (Å²) in [6.45, 7) is 14.3. The van der Waals surface area contributed by atoms with Gasteiger partial charge in [-0.3, -0.25) is 0 Å². The van der Waals surface area contributed by atoms with Gasteiger partial charge in [0.2, 0.25) is 0 Å². The lowest BCUT2D eigenvalue weighted by Gasteiger charge is -2.58. The second-order valence-electron chi connectivity index (χ2n) is 16.0. The maximum Gasteiger partial charge on any atom is 0.344 e. The van der Waals surface area contributed by atoms with E-state index in [9.17, 15) is 9.59 Å². The van der Waals surface area contributed by atoms with E-state index in [4.69, 9.17) is 13.9 Å². The number of rotatable bonds is 10. The summed E-state index contributed by atoms with van der Waals surface area (Å²) >= 11 is 0. The lowest BCUT2D eigenvalue weighted by atomic mass is 9.47. The van der Waals surface area contributed by atoms with E-state index < -0.39 is 0 Å². The maximum absolute atomic E-state index is 12.9. The summed E-state index contributed by atoms with van der Waals surface area (Å²) in [6, 6.07) is 6.92. The number of carbonyl (C=O) groups is 1. The summed E-state index contributed by atoms with van der Waals surface area (Å²) < 4.78 is 17.1. The molecule has 0 radical (unpaired) electrons. The molecule has 5 heteroatoms. The molecule has 8 atom stereocenters. The van der Waals surface area contributed by atoms with Crippen LogP contribution in [0.25, 0.3) is 11.0 Å². The van der Waals surface area contributed by atoms with Gasteiger partial charge in [-0.1, -0.05) is 72.5 Å². The third kappa shape index (κ3) is 6.26. The van der Waals surface area contributed by atoms with Crippen LogP contribution >= 0.6 is 0 Å². The smallest absolute Gasteiger partial charge is 0.344 e. The Hall–Kier alpha value is -2.56. The Bertz CT molecular complexity index is 1470. The molecule has 2 aromatic rings. The van der Waals surface area contributed by atoms with Crippen molar-refractivity contribution in [2.75, 3.05) is 6.61 Å². The average Bonchev–Trinajstić information content (AvgIpc) is 3.36. The van der Waals surface area contributed by atoms with Crippen LogP contribution in [0.2, 0.25) is 0 Å². The predicted molar refractivity (Wildman–Crippen MR) is 180 cm³/mol. The molecule has 1 aromatic carbocycles. The van der Waals surface area contributed by atoms with E-state index in [0.29, 0.717) is 16.7 Å². The summed E-state index contributed by atoms with van der Waals surface area (Å²) in [6.07, 6.45) is 17.0. The molecular formula is C40H56O5. The van der Waals surface area contributed by atoms with Crippen molar-refractivity contribution in [3.05, 3.63) is 51.9 Å². The topological polar surface area (TPSA) is 65.7 Å². The molecule has 246 valence electrons. The van der Waals surface area contributed by atoms with Gasteiger partial charge in [0.15, 0.2) is 6.61 Å². The first-order valence-corrected chi connectivity index (χ1v) is 18.1. The first kappa shape index (κ1) is 32.4. The first-order valence-electron chi connectivity index (χ1n) is 18.1. The summed E-state index contributed by atoms with van der Waals surface area (Å²) in [5.41, 5.74) is 3.31. The van der Waals surface area contributed by atoms with E-state index in [1.54, 1.807) is 6.07 Å². The highest BCUT2D eigenvalue weighted by molar-refractivity contribution is 5.81. The summed E-state index contributed by atoms with van der Waals surface area (Å²) in [5.74, 6) is 5.11. The van der Waals surface area contributed by atoms with Crippen LogP contribution in [0.3, 0.4) is 0 Å². The zero-order chi connectivity index (χ0) is 31.9. The third-order valence-corrected chi connectivity index (χ3v) is 13.1. The van der Waals surface area contributed by atoms with Crippen LogP contribution in [0.5, 0.6) is 5.75 Å². The van der Waals surface area contributed by atoms with Crippen LogP contribution in [0.1, 0.15) is 118 Å². The minimum Gasteiger partial charge on any atom is -0.482 e. The van der Waals surface area contributed by atoms with Gasteiger partial charge in [-0.05, 0) is 115 Å². The zero-order valence-electron chi connectivity index (χ0n) is 28.7. The number of hydrogen-bond donors (Lipinski definition) is 0. The summed E-state index contributed by atoms with van der Waals surface area (Å²) in [5, 5.41) is 0.891. The molecule has 3 fully saturated rings. The number of carbonyl (C=O) groups excluding carboxylic acids is 1. The zero-order valence-corrected chi connectivity index (χ0v) is 28.7. The first-order chi connectivity index (χ1) is 21.5. The fourth-order valence-electron chi connectivity index (χ4n) is 10.7. The molecule has 5 nitrogen and oxygen atoms in total. The third-order valence-electron chi connectivity index (χ3n) is 13.1. The van der Waals surface area contributed by atoms with Crippen molar-refractivity contribution >= 4 is 16.9 Å². The lowest BCUT2D eigenvalue weighted by Crippen LogP contribution is -2.51. The van der Waals surface area contributed by atoms with Crippen molar-refractivity contribution in [3.63, 3.8) is 0 Å². The van der Waals surface area contributed by atoms with Crippen molar-refractivity contribution < 1.29 is 18.7 Å². The molecule has 1 heterocycles. The van der Waals surface area contributed by atoms with Gasteiger partial charge in [0, 0.05) is 23.9 Å². The quantitative estimate of drug-likeness (QED) is 0.151. The van der Waals surface area contributed by atoms with Crippen LogP contribution in [-0.4, -0.2) is 18.7 Å². The Balaban J connectivity index is 1.05. The van der Waals surface area contributed by atoms with Crippen molar-refractivity contribution in [2.24, 2.45) is 46.3 Å². The largest absolute Gasteiger partial charge is 0.482 e. The van der Waals surface area contributed by atoms with Crippen LogP contribution in [-0.2, 0) is 16.0 Å². The second kappa shape index (κ2) is 12.9. The number of hydrogen-bond acceptors (Lipinski definition) is 5. The number of fused-ring (bicyclic) bond motifs is 6. The molecule has 0 amide bonds. The van der Waals surface area contributed by atoms with E-state index >= 15 is 0 Å². The summed E-state index contributed by atoms with van der Waals surface area (Å²) in [4.78, 5) is 24.8. The fraction of sp³-hybridized carbons (Fsp3) is 0.700. The van der Waals surface area contributed by atoms with Gasteiger partial charge in [0.1, 0.15) is 17.4 Å². The molecule has 0 saturated heterocycles. The normalized spacial score (nSPS) is 33.2. The molecule has 3 unspecified atom stereocenters. The van der Waals surface area contributed by atoms with Crippen molar-refractivity contribution in [1.29, 1.82) is 0 Å². The Labute approximate surface area is 270 Å². The Morgan fingerprint density at radius 1 is 1.02 bits per heavy atom. The van der Waals surface area contributed by atoms with E-state index in [2.05, 4.69) is 40.7 Å². The average molecular weight is 617 g/mol. The van der Waals surface area contributed by atoms with Gasteiger partial charge < -0.3 is 13.9 Å². The number of benzene rings is 1. The molecule has 4 aliphatic rings. The lowest BCUT2D eigenvalue weighted by molar-refractivity contribution is -0.153. The van der Waals surface area contributed by atoms with E-state index in [-0.39, 0.29) is 29.7 Å². The van der Waals surface area contributed by atoms with Gasteiger partial charge >= 0.3 is 11.6 Å². The number of ether oxygens (including phenoxy) is 2. The molecule has 4 aliphatic carbocycles. The Kier molecular flexibility index (Phi) is 9.29. The molecular weight excluding hydrogens is 560 g/mol. The molecule has 0 bridgehead atoms. The van der Waals surface area contributed by atoms with Crippen LogP contribution in [0.4, 0.5) is 0 Å². The predicted octanol–water partition coefficient (Wildman–Crippen LogP) is 9.69. The number of aryl methyl sites for hydroxylation is 1. The Morgan fingerprint density at radius 2 is 1.84 bits per heavy atom. The van der Waals surface area contributed by atoms with Gasteiger partial charge in [0.05, 0.1) is 0 Å². The van der Waals surface area contributed by atoms with Gasteiger partial charge in [-0.25, -0.2) is 9.59 Å². The molecule has 0 aliphatic heterocycles. The minimum atomic E-state index is -0.375. The number of esters is 1. The minimum absolute atomic E-state index is 0.0879. The Morgan fingerprint density at radius 3 is 2.62 bits per heavy atom. The van der Waals surface area contributed by atoms with Gasteiger partial charge in [-0.2, -0.15) is 0 Å². The van der Waals surface area contributed by atoms with E-state index in [0.717, 1.165) is 72.1 Å². The van der Waals surface area contributed by atoms with Crippen LogP contribution in [0, 0.1) is 46.3 Å². The monoisotopic (exact) mass is 616 g/mol. The van der Waals surface area contributed by atoms with Crippen LogP contribution < -0.4 is 10.4 Å².